The predicted molar refractivity (Wildman–Crippen MR) is 123 cm³/mol. The van der Waals surface area contributed by atoms with Gasteiger partial charge >= 0.3 is 5.97 Å². The van der Waals surface area contributed by atoms with Crippen molar-refractivity contribution in [3.05, 3.63) is 60.2 Å². The van der Waals surface area contributed by atoms with Crippen LogP contribution in [0.25, 0.3) is 0 Å². The molecule has 0 saturated carbocycles. The second-order valence-corrected chi connectivity index (χ2v) is 10.4. The largest absolute Gasteiger partial charge is 0.467 e. The van der Waals surface area contributed by atoms with Gasteiger partial charge in [0, 0.05) is 30.2 Å². The number of fused-ring (bicyclic) bond motifs is 1. The van der Waals surface area contributed by atoms with Crippen LogP contribution in [0.1, 0.15) is 25.2 Å². The number of rotatable bonds is 8. The summed E-state index contributed by atoms with van der Waals surface area (Å²) in [6.07, 6.45) is 3.43. The van der Waals surface area contributed by atoms with E-state index in [0.29, 0.717) is 13.1 Å². The van der Waals surface area contributed by atoms with E-state index < -0.39 is 22.8 Å². The number of carbonyl (C=O) groups excluding carboxylic acids is 3. The van der Waals surface area contributed by atoms with Crippen LogP contribution < -0.4 is 5.32 Å². The Morgan fingerprint density at radius 1 is 1.12 bits per heavy atom. The number of pyridine rings is 2. The number of esters is 1. The van der Waals surface area contributed by atoms with E-state index in [4.69, 9.17) is 4.74 Å². The van der Waals surface area contributed by atoms with Gasteiger partial charge in [-0.05, 0) is 38.1 Å². The molecule has 0 aromatic carbocycles. The molecule has 2 aromatic heterocycles. The molecule has 0 radical (unpaired) electrons. The highest BCUT2D eigenvalue weighted by atomic mass is 32.2. The van der Waals surface area contributed by atoms with Crippen molar-refractivity contribution in [2.75, 3.05) is 13.7 Å². The molecule has 0 aliphatic carbocycles. The normalized spacial score (nSPS) is 23.1. The minimum atomic E-state index is -0.664. The molecular formula is C23H27N5O4S. The topological polar surface area (TPSA) is 105 Å². The first-order valence-corrected chi connectivity index (χ1v) is 11.6. The fraction of sp³-hybridized carbons (Fsp3) is 0.435. The Kier molecular flexibility index (Phi) is 6.66. The van der Waals surface area contributed by atoms with Crippen LogP contribution in [0, 0.1) is 0 Å². The van der Waals surface area contributed by atoms with Gasteiger partial charge in [-0.3, -0.25) is 24.5 Å². The van der Waals surface area contributed by atoms with Crippen LogP contribution in [0.15, 0.2) is 48.8 Å². The number of nitrogens with one attached hydrogen (secondary N) is 1. The van der Waals surface area contributed by atoms with Crippen molar-refractivity contribution in [1.29, 1.82) is 0 Å². The number of hydrogen-bond acceptors (Lipinski definition) is 8. The van der Waals surface area contributed by atoms with Crippen molar-refractivity contribution < 1.29 is 19.1 Å². The van der Waals surface area contributed by atoms with Gasteiger partial charge in [0.15, 0.2) is 0 Å². The first-order valence-electron chi connectivity index (χ1n) is 10.7. The van der Waals surface area contributed by atoms with E-state index in [2.05, 4.69) is 15.3 Å². The van der Waals surface area contributed by atoms with Gasteiger partial charge in [-0.2, -0.15) is 0 Å². The van der Waals surface area contributed by atoms with E-state index in [1.54, 1.807) is 12.4 Å². The summed E-state index contributed by atoms with van der Waals surface area (Å²) in [6.45, 7) is 4.82. The van der Waals surface area contributed by atoms with Crippen molar-refractivity contribution in [3.63, 3.8) is 0 Å². The smallest absolute Gasteiger partial charge is 0.330 e. The molecule has 2 fully saturated rings. The van der Waals surface area contributed by atoms with Gasteiger partial charge in [-0.1, -0.05) is 12.1 Å². The Hall–Kier alpha value is -2.98. The number of β-lactam (4-membered cyclic amide) rings is 1. The Balaban J connectivity index is 1.42. The number of nitrogens with zero attached hydrogens (tertiary/aromatic N) is 4. The molecule has 33 heavy (non-hydrogen) atoms. The molecule has 0 unspecified atom stereocenters. The van der Waals surface area contributed by atoms with Gasteiger partial charge in [0.05, 0.1) is 25.0 Å². The van der Waals surface area contributed by atoms with Gasteiger partial charge in [-0.15, -0.1) is 11.8 Å². The van der Waals surface area contributed by atoms with Crippen LogP contribution in [-0.4, -0.2) is 73.4 Å². The Morgan fingerprint density at radius 2 is 1.73 bits per heavy atom. The second-order valence-electron chi connectivity index (χ2n) is 8.62. The van der Waals surface area contributed by atoms with Gasteiger partial charge in [0.1, 0.15) is 17.5 Å². The Morgan fingerprint density at radius 3 is 2.24 bits per heavy atom. The minimum Gasteiger partial charge on any atom is -0.467 e. The van der Waals surface area contributed by atoms with Crippen molar-refractivity contribution >= 4 is 29.5 Å². The lowest BCUT2D eigenvalue weighted by atomic mass is 9.96. The van der Waals surface area contributed by atoms with Crippen LogP contribution in [0.4, 0.5) is 0 Å². The molecular weight excluding hydrogens is 442 g/mol. The number of thioether (sulfide) groups is 1. The molecule has 2 aliphatic heterocycles. The number of aromatic nitrogens is 2. The quantitative estimate of drug-likeness (QED) is 0.454. The standard InChI is InChI=1S/C23H27N5O4S/c1-23(2)19(22(31)32-3)28-20(30)18(21(28)33-23)26-17(29)14-27(12-15-8-4-6-10-24-15)13-16-9-5-7-11-25-16/h4-11,18-19,21H,12-14H2,1-3H3,(H,26,29)/t18-,19+,21+/m1/s1. The average Bonchev–Trinajstić information content (AvgIpc) is 3.06. The highest BCUT2D eigenvalue weighted by molar-refractivity contribution is 8.01. The van der Waals surface area contributed by atoms with Crippen molar-refractivity contribution in [2.45, 2.75) is 49.1 Å². The van der Waals surface area contributed by atoms with Crippen molar-refractivity contribution in [3.8, 4) is 0 Å². The first-order chi connectivity index (χ1) is 15.8. The van der Waals surface area contributed by atoms with Crippen LogP contribution >= 0.6 is 11.8 Å². The first kappa shape index (κ1) is 23.2. The SMILES string of the molecule is COC(=O)[C@@H]1N2C(=O)[C@@H](NC(=O)CN(Cc3ccccn3)Cc3ccccn3)[C@@H]2SC1(C)C. The van der Waals surface area contributed by atoms with E-state index in [9.17, 15) is 14.4 Å². The summed E-state index contributed by atoms with van der Waals surface area (Å²) in [6, 6.07) is 9.97. The average molecular weight is 470 g/mol. The molecule has 4 heterocycles. The van der Waals surface area contributed by atoms with Crippen molar-refractivity contribution in [1.82, 2.24) is 25.1 Å². The fourth-order valence-corrected chi connectivity index (χ4v) is 5.89. The summed E-state index contributed by atoms with van der Waals surface area (Å²) in [5, 5.41) is 2.58. The van der Waals surface area contributed by atoms with Crippen LogP contribution in [0.5, 0.6) is 0 Å². The summed E-state index contributed by atoms with van der Waals surface area (Å²) in [7, 11) is 1.32. The maximum Gasteiger partial charge on any atom is 0.330 e. The minimum absolute atomic E-state index is 0.0815. The number of methoxy groups -OCH3 is 1. The Bertz CT molecular complexity index is 979. The van der Waals surface area contributed by atoms with E-state index in [1.165, 1.54) is 23.8 Å². The molecule has 2 amide bonds. The van der Waals surface area contributed by atoms with Crippen molar-refractivity contribution in [2.24, 2.45) is 0 Å². The molecule has 174 valence electrons. The third-order valence-corrected chi connectivity index (χ3v) is 7.34. The zero-order valence-corrected chi connectivity index (χ0v) is 19.6. The lowest BCUT2D eigenvalue weighted by molar-refractivity contribution is -0.162. The molecule has 3 atom stereocenters. The molecule has 0 bridgehead atoms. The molecule has 1 N–H and O–H groups in total. The van der Waals surface area contributed by atoms with Crippen LogP contribution in [-0.2, 0) is 32.2 Å². The van der Waals surface area contributed by atoms with E-state index in [0.717, 1.165) is 11.4 Å². The van der Waals surface area contributed by atoms with E-state index in [-0.39, 0.29) is 23.7 Å². The number of amides is 2. The molecule has 4 rings (SSSR count). The summed E-state index contributed by atoms with van der Waals surface area (Å²) < 4.78 is 4.40. The predicted octanol–water partition coefficient (Wildman–Crippen LogP) is 1.20. The maximum absolute atomic E-state index is 12.9. The lowest BCUT2D eigenvalue weighted by Gasteiger charge is -2.44. The lowest BCUT2D eigenvalue weighted by Crippen LogP contribution is -2.71. The zero-order chi connectivity index (χ0) is 23.6. The van der Waals surface area contributed by atoms with Gasteiger partial charge in [-0.25, -0.2) is 4.79 Å². The molecule has 2 saturated heterocycles. The molecule has 10 heteroatoms. The number of hydrogen-bond donors (Lipinski definition) is 1. The van der Waals surface area contributed by atoms with Gasteiger partial charge < -0.3 is 15.0 Å². The molecule has 0 spiro atoms. The summed E-state index contributed by atoms with van der Waals surface area (Å²) >= 11 is 1.50. The number of ether oxygens (including phenoxy) is 1. The van der Waals surface area contributed by atoms with E-state index in [1.807, 2.05) is 55.1 Å². The maximum atomic E-state index is 12.9. The van der Waals surface area contributed by atoms with Gasteiger partial charge in [0.2, 0.25) is 11.8 Å². The third kappa shape index (κ3) is 4.86. The fourth-order valence-electron chi connectivity index (χ4n) is 4.27. The third-order valence-electron chi connectivity index (χ3n) is 5.77. The summed E-state index contributed by atoms with van der Waals surface area (Å²) in [4.78, 5) is 50.2. The van der Waals surface area contributed by atoms with Crippen LogP contribution in [0.2, 0.25) is 0 Å². The molecule has 9 nitrogen and oxygen atoms in total. The van der Waals surface area contributed by atoms with Crippen LogP contribution in [0.3, 0.4) is 0 Å². The molecule has 2 aliphatic rings. The highest BCUT2D eigenvalue weighted by Gasteiger charge is 2.64. The summed E-state index contributed by atoms with van der Waals surface area (Å²) in [5.41, 5.74) is 1.67. The monoisotopic (exact) mass is 469 g/mol. The van der Waals surface area contributed by atoms with E-state index >= 15 is 0 Å². The zero-order valence-electron chi connectivity index (χ0n) is 18.8. The number of carbonyl (C=O) groups is 3. The second kappa shape index (κ2) is 9.48. The molecule has 2 aromatic rings. The Labute approximate surface area is 196 Å². The summed E-state index contributed by atoms with van der Waals surface area (Å²) in [5.74, 6) is -0.965. The highest BCUT2D eigenvalue weighted by Crippen LogP contribution is 2.51. The van der Waals surface area contributed by atoms with Gasteiger partial charge in [0.25, 0.3) is 0 Å².